The summed E-state index contributed by atoms with van der Waals surface area (Å²) in [4.78, 5) is 30.5. The van der Waals surface area contributed by atoms with Crippen LogP contribution in [-0.4, -0.2) is 25.9 Å². The van der Waals surface area contributed by atoms with Crippen LogP contribution in [0.1, 0.15) is 4.88 Å². The van der Waals surface area contributed by atoms with E-state index in [1.54, 1.807) is 6.07 Å². The molecule has 2 amide bonds. The van der Waals surface area contributed by atoms with Gasteiger partial charge in [-0.25, -0.2) is 4.90 Å². The molecule has 6 heteroatoms. The summed E-state index contributed by atoms with van der Waals surface area (Å²) in [6.07, 6.45) is 0. The van der Waals surface area contributed by atoms with Gasteiger partial charge in [-0.15, -0.1) is 11.3 Å². The number of hydrogen-bond acceptors (Lipinski definition) is 5. The third-order valence-corrected chi connectivity index (χ3v) is 5.39. The first-order valence-electron chi connectivity index (χ1n) is 8.82. The fourth-order valence-electron chi connectivity index (χ4n) is 3.11. The van der Waals surface area contributed by atoms with E-state index in [1.807, 2.05) is 85.0 Å². The summed E-state index contributed by atoms with van der Waals surface area (Å²) >= 11 is 1.44. The fraction of sp³-hybridized carbons (Fsp3) is 0.0909. The molecule has 3 aromatic rings. The van der Waals surface area contributed by atoms with Gasteiger partial charge in [-0.2, -0.15) is 0 Å². The van der Waals surface area contributed by atoms with Crippen LogP contribution < -0.4 is 15.1 Å². The largest absolute Gasteiger partial charge is 0.378 e. The topological polar surface area (TPSA) is 52.6 Å². The summed E-state index contributed by atoms with van der Waals surface area (Å²) in [6, 6.07) is 20.5. The fourth-order valence-corrected chi connectivity index (χ4v) is 3.87. The first-order chi connectivity index (χ1) is 13.6. The average molecular weight is 389 g/mol. The molecule has 5 nitrogen and oxygen atoms in total. The molecule has 2 heterocycles. The number of imide groups is 1. The van der Waals surface area contributed by atoms with Gasteiger partial charge < -0.3 is 10.2 Å². The van der Waals surface area contributed by atoms with Gasteiger partial charge in [0.05, 0.1) is 11.3 Å². The van der Waals surface area contributed by atoms with Crippen molar-refractivity contribution in [3.05, 3.63) is 82.7 Å². The molecule has 140 valence electrons. The van der Waals surface area contributed by atoms with Gasteiger partial charge in [0.2, 0.25) is 0 Å². The van der Waals surface area contributed by atoms with Crippen molar-refractivity contribution in [1.29, 1.82) is 0 Å². The number of nitrogens with one attached hydrogen (secondary N) is 1. The number of rotatable bonds is 5. The molecular formula is C22H19N3O2S. The number of para-hydroxylation sites is 1. The molecule has 0 unspecified atom stereocenters. The van der Waals surface area contributed by atoms with E-state index >= 15 is 0 Å². The van der Waals surface area contributed by atoms with Crippen molar-refractivity contribution in [2.24, 2.45) is 0 Å². The van der Waals surface area contributed by atoms with E-state index < -0.39 is 0 Å². The van der Waals surface area contributed by atoms with E-state index in [1.165, 1.54) is 16.2 Å². The SMILES string of the molecule is CN(C)c1cccc(N2C(=O)C(Nc3ccccc3)=C(c3cccs3)C2=O)c1. The lowest BCUT2D eigenvalue weighted by molar-refractivity contribution is -0.120. The molecule has 2 aromatic carbocycles. The molecule has 1 aliphatic rings. The molecule has 1 aliphatic heterocycles. The highest BCUT2D eigenvalue weighted by Gasteiger charge is 2.40. The third kappa shape index (κ3) is 3.18. The van der Waals surface area contributed by atoms with Crippen LogP contribution in [-0.2, 0) is 9.59 Å². The van der Waals surface area contributed by atoms with Crippen molar-refractivity contribution in [2.75, 3.05) is 29.2 Å². The van der Waals surface area contributed by atoms with E-state index in [2.05, 4.69) is 5.32 Å². The molecule has 0 radical (unpaired) electrons. The number of carbonyl (C=O) groups is 2. The Morgan fingerprint density at radius 3 is 2.36 bits per heavy atom. The predicted molar refractivity (Wildman–Crippen MR) is 115 cm³/mol. The summed E-state index contributed by atoms with van der Waals surface area (Å²) < 4.78 is 0. The van der Waals surface area contributed by atoms with Crippen LogP contribution in [0.2, 0.25) is 0 Å². The lowest BCUT2D eigenvalue weighted by atomic mass is 10.2. The van der Waals surface area contributed by atoms with E-state index in [9.17, 15) is 9.59 Å². The van der Waals surface area contributed by atoms with Crippen molar-refractivity contribution < 1.29 is 9.59 Å². The number of nitrogens with zero attached hydrogens (tertiary/aromatic N) is 2. The van der Waals surface area contributed by atoms with Crippen molar-refractivity contribution in [3.63, 3.8) is 0 Å². The van der Waals surface area contributed by atoms with Gasteiger partial charge in [0.15, 0.2) is 0 Å². The van der Waals surface area contributed by atoms with Crippen molar-refractivity contribution >= 4 is 45.8 Å². The zero-order chi connectivity index (χ0) is 19.7. The highest BCUT2D eigenvalue weighted by molar-refractivity contribution is 7.11. The molecule has 0 spiro atoms. The summed E-state index contributed by atoms with van der Waals surface area (Å²) in [5, 5.41) is 5.06. The summed E-state index contributed by atoms with van der Waals surface area (Å²) in [7, 11) is 3.84. The first kappa shape index (κ1) is 18.0. The average Bonchev–Trinajstić information content (AvgIpc) is 3.30. The molecule has 0 saturated carbocycles. The van der Waals surface area contributed by atoms with Crippen molar-refractivity contribution in [1.82, 2.24) is 0 Å². The number of benzene rings is 2. The lowest BCUT2D eigenvalue weighted by Crippen LogP contribution is -2.32. The molecule has 0 atom stereocenters. The maximum atomic E-state index is 13.3. The van der Waals surface area contributed by atoms with Gasteiger partial charge in [-0.05, 0) is 41.8 Å². The number of hydrogen-bond donors (Lipinski definition) is 1. The molecule has 1 N–H and O–H groups in total. The van der Waals surface area contributed by atoms with Gasteiger partial charge in [-0.3, -0.25) is 9.59 Å². The zero-order valence-electron chi connectivity index (χ0n) is 15.5. The van der Waals surface area contributed by atoms with Gasteiger partial charge in [0.25, 0.3) is 11.8 Å². The van der Waals surface area contributed by atoms with E-state index in [-0.39, 0.29) is 11.8 Å². The van der Waals surface area contributed by atoms with Crippen LogP contribution in [0.15, 0.2) is 77.8 Å². The second-order valence-electron chi connectivity index (χ2n) is 6.58. The highest BCUT2D eigenvalue weighted by atomic mass is 32.1. The predicted octanol–water partition coefficient (Wildman–Crippen LogP) is 4.21. The summed E-state index contributed by atoms with van der Waals surface area (Å²) in [5.41, 5.74) is 2.94. The Morgan fingerprint density at radius 2 is 1.68 bits per heavy atom. The zero-order valence-corrected chi connectivity index (χ0v) is 16.4. The molecule has 0 aliphatic carbocycles. The van der Waals surface area contributed by atoms with Crippen LogP contribution >= 0.6 is 11.3 Å². The normalized spacial score (nSPS) is 14.0. The molecule has 28 heavy (non-hydrogen) atoms. The Morgan fingerprint density at radius 1 is 0.893 bits per heavy atom. The molecular weight excluding hydrogens is 370 g/mol. The maximum Gasteiger partial charge on any atom is 0.282 e. The maximum absolute atomic E-state index is 13.3. The first-order valence-corrected chi connectivity index (χ1v) is 9.70. The monoisotopic (exact) mass is 389 g/mol. The lowest BCUT2D eigenvalue weighted by Gasteiger charge is -2.19. The van der Waals surface area contributed by atoms with Gasteiger partial charge in [-0.1, -0.05) is 30.3 Å². The minimum Gasteiger partial charge on any atom is -0.378 e. The Balaban J connectivity index is 1.79. The van der Waals surface area contributed by atoms with E-state index in [0.717, 1.165) is 16.3 Å². The van der Waals surface area contributed by atoms with Gasteiger partial charge >= 0.3 is 0 Å². The second-order valence-corrected chi connectivity index (χ2v) is 7.53. The number of anilines is 3. The standard InChI is InChI=1S/C22H19N3O2S/c1-24(2)16-10-6-11-17(14-16)25-21(26)19(18-12-7-13-28-18)20(22(25)27)23-15-8-4-3-5-9-15/h3-14,23H,1-2H3. The van der Waals surface area contributed by atoms with Gasteiger partial charge in [0.1, 0.15) is 5.70 Å². The highest BCUT2D eigenvalue weighted by Crippen LogP contribution is 2.36. The van der Waals surface area contributed by atoms with Crippen LogP contribution in [0.5, 0.6) is 0 Å². The van der Waals surface area contributed by atoms with E-state index in [0.29, 0.717) is 17.0 Å². The Labute approximate surface area is 167 Å². The smallest absolute Gasteiger partial charge is 0.282 e. The summed E-state index contributed by atoms with van der Waals surface area (Å²) in [6.45, 7) is 0. The Hall–Kier alpha value is -3.38. The molecule has 1 aromatic heterocycles. The number of carbonyl (C=O) groups excluding carboxylic acids is 2. The molecule has 0 saturated heterocycles. The van der Waals surface area contributed by atoms with Crippen LogP contribution in [0.3, 0.4) is 0 Å². The number of thiophene rings is 1. The minimum atomic E-state index is -0.354. The van der Waals surface area contributed by atoms with Crippen LogP contribution in [0.25, 0.3) is 5.57 Å². The third-order valence-electron chi connectivity index (χ3n) is 4.50. The molecule has 4 rings (SSSR count). The second kappa shape index (κ2) is 7.32. The molecule has 0 fully saturated rings. The summed E-state index contributed by atoms with van der Waals surface area (Å²) in [5.74, 6) is -0.671. The Bertz CT molecular complexity index is 1060. The van der Waals surface area contributed by atoms with Crippen molar-refractivity contribution in [3.8, 4) is 0 Å². The van der Waals surface area contributed by atoms with Crippen LogP contribution in [0.4, 0.5) is 17.1 Å². The van der Waals surface area contributed by atoms with E-state index in [4.69, 9.17) is 0 Å². The molecule has 0 bridgehead atoms. The minimum absolute atomic E-state index is 0.300. The van der Waals surface area contributed by atoms with Crippen molar-refractivity contribution in [2.45, 2.75) is 0 Å². The Kier molecular flexibility index (Phi) is 4.71. The quantitative estimate of drug-likeness (QED) is 0.664. The number of amides is 2. The van der Waals surface area contributed by atoms with Gasteiger partial charge in [0, 0.05) is 30.3 Å². The van der Waals surface area contributed by atoms with Crippen LogP contribution in [0, 0.1) is 0 Å².